The lowest BCUT2D eigenvalue weighted by atomic mass is 9.95. The molecule has 27 heavy (non-hydrogen) atoms. The Morgan fingerprint density at radius 2 is 1.52 bits per heavy atom. The smallest absolute Gasteiger partial charge is 0.391 e. The van der Waals surface area contributed by atoms with E-state index >= 15 is 0 Å². The number of halogens is 3. The molecule has 1 fully saturated rings. The highest BCUT2D eigenvalue weighted by molar-refractivity contribution is 5.99. The first-order valence-electron chi connectivity index (χ1n) is 8.55. The maximum absolute atomic E-state index is 12.8. The Bertz CT molecular complexity index is 841. The van der Waals surface area contributed by atoms with Gasteiger partial charge in [-0.2, -0.15) is 13.2 Å². The molecule has 0 radical (unpaired) electrons. The van der Waals surface area contributed by atoms with Crippen LogP contribution in [0.15, 0.2) is 48.5 Å². The summed E-state index contributed by atoms with van der Waals surface area (Å²) in [7, 11) is 0. The average molecular weight is 377 g/mol. The molecule has 142 valence electrons. The van der Waals surface area contributed by atoms with Gasteiger partial charge in [-0.25, -0.2) is 4.79 Å². The lowest BCUT2D eigenvalue weighted by Gasteiger charge is -2.33. The number of carboxylic acids is 1. The van der Waals surface area contributed by atoms with Gasteiger partial charge in [-0.1, -0.05) is 30.3 Å². The third-order valence-corrected chi connectivity index (χ3v) is 4.78. The Hall–Kier alpha value is -2.83. The van der Waals surface area contributed by atoms with Crippen LogP contribution in [0, 0.1) is 5.92 Å². The number of likely N-dealkylation sites (tertiary alicyclic amines) is 1. The number of hydrogen-bond donors (Lipinski definition) is 1. The normalized spacial score (nSPS) is 15.6. The molecule has 1 N–H and O–H groups in total. The molecular formula is C20H18F3NO3. The van der Waals surface area contributed by atoms with E-state index < -0.39 is 24.0 Å². The monoisotopic (exact) mass is 377 g/mol. The van der Waals surface area contributed by atoms with Crippen LogP contribution in [0.1, 0.15) is 33.6 Å². The van der Waals surface area contributed by atoms with Crippen LogP contribution in [0.25, 0.3) is 11.1 Å². The molecule has 0 atom stereocenters. The van der Waals surface area contributed by atoms with E-state index in [9.17, 15) is 27.9 Å². The fourth-order valence-corrected chi connectivity index (χ4v) is 3.26. The Morgan fingerprint density at radius 3 is 2.07 bits per heavy atom. The molecule has 1 aliphatic rings. The van der Waals surface area contributed by atoms with Crippen molar-refractivity contribution < 1.29 is 27.9 Å². The SMILES string of the molecule is O=C(O)c1cc(C(=O)N2CCC(C(F)(F)F)CC2)cc(-c2ccccc2)c1. The number of carbonyl (C=O) groups is 2. The number of carbonyl (C=O) groups excluding carboxylic acids is 1. The van der Waals surface area contributed by atoms with E-state index in [1.807, 2.05) is 6.07 Å². The zero-order valence-electron chi connectivity index (χ0n) is 14.4. The van der Waals surface area contributed by atoms with E-state index in [2.05, 4.69) is 0 Å². The molecular weight excluding hydrogens is 359 g/mol. The number of nitrogens with zero attached hydrogens (tertiary/aromatic N) is 1. The van der Waals surface area contributed by atoms with E-state index in [0.717, 1.165) is 5.56 Å². The van der Waals surface area contributed by atoms with Crippen molar-refractivity contribution in [1.82, 2.24) is 4.90 Å². The number of hydrogen-bond acceptors (Lipinski definition) is 2. The molecule has 1 amide bonds. The van der Waals surface area contributed by atoms with Crippen LogP contribution in [0.5, 0.6) is 0 Å². The summed E-state index contributed by atoms with van der Waals surface area (Å²) in [5.41, 5.74) is 1.46. The van der Waals surface area contributed by atoms with Gasteiger partial charge in [0, 0.05) is 18.7 Å². The molecule has 1 aliphatic heterocycles. The molecule has 0 aliphatic carbocycles. The Kier molecular flexibility index (Phi) is 5.21. The van der Waals surface area contributed by atoms with Gasteiger partial charge in [-0.05, 0) is 42.2 Å². The minimum absolute atomic E-state index is 0.000972. The summed E-state index contributed by atoms with van der Waals surface area (Å²) in [6.45, 7) is 0.00194. The molecule has 7 heteroatoms. The van der Waals surface area contributed by atoms with Gasteiger partial charge < -0.3 is 10.0 Å². The molecule has 3 rings (SSSR count). The van der Waals surface area contributed by atoms with Crippen LogP contribution in [-0.4, -0.2) is 41.1 Å². The van der Waals surface area contributed by atoms with Gasteiger partial charge in [-0.15, -0.1) is 0 Å². The second kappa shape index (κ2) is 7.42. The highest BCUT2D eigenvalue weighted by Crippen LogP contribution is 2.34. The standard InChI is InChI=1S/C20H18F3NO3/c21-20(22,23)17-6-8-24(9-7-17)18(25)15-10-14(11-16(12-15)19(26)27)13-4-2-1-3-5-13/h1-5,10-12,17H,6-9H2,(H,26,27). The van der Waals surface area contributed by atoms with Crippen molar-refractivity contribution >= 4 is 11.9 Å². The predicted molar refractivity (Wildman–Crippen MR) is 93.5 cm³/mol. The third-order valence-electron chi connectivity index (χ3n) is 4.78. The van der Waals surface area contributed by atoms with Crippen molar-refractivity contribution in [1.29, 1.82) is 0 Å². The Labute approximate surface area is 154 Å². The topological polar surface area (TPSA) is 57.6 Å². The van der Waals surface area contributed by atoms with Crippen LogP contribution in [0.3, 0.4) is 0 Å². The zero-order valence-corrected chi connectivity index (χ0v) is 14.4. The number of carboxylic acid groups (broad SMARTS) is 1. The maximum atomic E-state index is 12.8. The lowest BCUT2D eigenvalue weighted by molar-refractivity contribution is -0.183. The van der Waals surface area contributed by atoms with E-state index in [0.29, 0.717) is 5.56 Å². The number of amides is 1. The summed E-state index contributed by atoms with van der Waals surface area (Å²) in [5.74, 6) is -3.01. The van der Waals surface area contributed by atoms with E-state index in [-0.39, 0.29) is 37.1 Å². The lowest BCUT2D eigenvalue weighted by Crippen LogP contribution is -2.42. The van der Waals surface area contributed by atoms with E-state index in [1.54, 1.807) is 30.3 Å². The second-order valence-corrected chi connectivity index (χ2v) is 6.58. The minimum atomic E-state index is -4.25. The van der Waals surface area contributed by atoms with Gasteiger partial charge in [0.25, 0.3) is 5.91 Å². The fourth-order valence-electron chi connectivity index (χ4n) is 3.26. The quantitative estimate of drug-likeness (QED) is 0.859. The van der Waals surface area contributed by atoms with Crippen molar-refractivity contribution in [2.24, 2.45) is 5.92 Å². The first-order valence-corrected chi connectivity index (χ1v) is 8.55. The first-order chi connectivity index (χ1) is 12.8. The molecule has 4 nitrogen and oxygen atoms in total. The third kappa shape index (κ3) is 4.30. The summed E-state index contributed by atoms with van der Waals surface area (Å²) in [6.07, 6.45) is -4.53. The summed E-state index contributed by atoms with van der Waals surface area (Å²) in [6, 6.07) is 13.3. The second-order valence-electron chi connectivity index (χ2n) is 6.58. The van der Waals surface area contributed by atoms with E-state index in [1.165, 1.54) is 17.0 Å². The van der Waals surface area contributed by atoms with Crippen LogP contribution in [0.4, 0.5) is 13.2 Å². The molecule has 1 saturated heterocycles. The van der Waals surface area contributed by atoms with E-state index in [4.69, 9.17) is 0 Å². The van der Waals surface area contributed by atoms with Gasteiger partial charge in [0.1, 0.15) is 0 Å². The number of benzene rings is 2. The van der Waals surface area contributed by atoms with Crippen LogP contribution in [0.2, 0.25) is 0 Å². The molecule has 1 heterocycles. The van der Waals surface area contributed by atoms with Gasteiger partial charge in [0.2, 0.25) is 0 Å². The van der Waals surface area contributed by atoms with Gasteiger partial charge in [0.15, 0.2) is 0 Å². The summed E-state index contributed by atoms with van der Waals surface area (Å²) in [5, 5.41) is 9.35. The minimum Gasteiger partial charge on any atom is -0.478 e. The molecule has 2 aromatic carbocycles. The highest BCUT2D eigenvalue weighted by atomic mass is 19.4. The molecule has 0 bridgehead atoms. The maximum Gasteiger partial charge on any atom is 0.391 e. The van der Waals surface area contributed by atoms with Gasteiger partial charge in [0.05, 0.1) is 11.5 Å². The molecule has 0 saturated carbocycles. The summed E-state index contributed by atoms with van der Waals surface area (Å²) in [4.78, 5) is 25.6. The van der Waals surface area contributed by atoms with Crippen LogP contribution in [-0.2, 0) is 0 Å². The largest absolute Gasteiger partial charge is 0.478 e. The zero-order chi connectivity index (χ0) is 19.6. The first kappa shape index (κ1) is 18.9. The Balaban J connectivity index is 1.87. The average Bonchev–Trinajstić information content (AvgIpc) is 2.67. The molecule has 0 aromatic heterocycles. The Morgan fingerprint density at radius 1 is 0.926 bits per heavy atom. The van der Waals surface area contributed by atoms with Crippen molar-refractivity contribution in [3.8, 4) is 11.1 Å². The number of aromatic carboxylic acids is 1. The fraction of sp³-hybridized carbons (Fsp3) is 0.300. The van der Waals surface area contributed by atoms with Crippen molar-refractivity contribution in [2.75, 3.05) is 13.1 Å². The van der Waals surface area contributed by atoms with Crippen molar-refractivity contribution in [3.05, 3.63) is 59.7 Å². The number of rotatable bonds is 3. The number of piperidine rings is 1. The molecule has 0 unspecified atom stereocenters. The number of alkyl halides is 3. The predicted octanol–water partition coefficient (Wildman–Crippen LogP) is 4.47. The van der Waals surface area contributed by atoms with Crippen LogP contribution < -0.4 is 0 Å². The van der Waals surface area contributed by atoms with Crippen LogP contribution >= 0.6 is 0 Å². The van der Waals surface area contributed by atoms with Gasteiger partial charge >= 0.3 is 12.1 Å². The highest BCUT2D eigenvalue weighted by Gasteiger charge is 2.41. The molecule has 0 spiro atoms. The summed E-state index contributed by atoms with van der Waals surface area (Å²) >= 11 is 0. The van der Waals surface area contributed by atoms with Crippen molar-refractivity contribution in [2.45, 2.75) is 19.0 Å². The summed E-state index contributed by atoms with van der Waals surface area (Å²) < 4.78 is 38.4. The van der Waals surface area contributed by atoms with Gasteiger partial charge in [-0.3, -0.25) is 4.79 Å². The molecule has 2 aromatic rings. The van der Waals surface area contributed by atoms with Crippen molar-refractivity contribution in [3.63, 3.8) is 0 Å².